The van der Waals surface area contributed by atoms with Crippen molar-refractivity contribution in [3.05, 3.63) is 292 Å². The van der Waals surface area contributed by atoms with Gasteiger partial charge in [-0.3, -0.25) is 0 Å². The molecule has 14 aromatic rings. The van der Waals surface area contributed by atoms with E-state index in [2.05, 4.69) is 288 Å². The Hall–Kier alpha value is -10.0. The molecule has 2 nitrogen and oxygen atoms in total. The minimum atomic E-state index is -0.319. The molecule has 12 aromatic carbocycles. The first kappa shape index (κ1) is 63.9. The smallest absolute Gasteiger partial charge is 0.143 e. The van der Waals surface area contributed by atoms with Crippen LogP contribution >= 0.6 is 0 Å². The van der Waals surface area contributed by atoms with Gasteiger partial charge in [0.1, 0.15) is 22.3 Å². The molecule has 5 aliphatic rings. The summed E-state index contributed by atoms with van der Waals surface area (Å²) in [6.07, 6.45) is 15.5. The summed E-state index contributed by atoms with van der Waals surface area (Å²) in [7, 11) is 0. The summed E-state index contributed by atoms with van der Waals surface area (Å²) >= 11 is 0. The highest BCUT2D eigenvalue weighted by Crippen LogP contribution is 2.62. The number of para-hydroxylation sites is 2. The van der Waals surface area contributed by atoms with Crippen molar-refractivity contribution < 1.29 is 8.83 Å². The SMILES string of the molecule is C=C(c1ccc2c(c1)C(C)(C)c1cc3c(cc1-2)C(C)(C)c1ccc2oc4ccccc4c2c1-3)c1ccc2c(c1)C(C)(C)c1cc(-c3ccc(-c4ccc5c(c4)C(C)(C)c4cc(-c6ccc7c(c6)C(CCCCCCC)(CCCCCCC)c6ccccc6-7)ccc4-5)cc3)c3oc4ccccc4c3c1-2. The van der Waals surface area contributed by atoms with Crippen LogP contribution in [0.3, 0.4) is 0 Å². The fourth-order valence-corrected chi connectivity index (χ4v) is 20.4. The summed E-state index contributed by atoms with van der Waals surface area (Å²) in [6, 6.07) is 84.2. The standard InChI is InChI=1S/C101H92O2/c1-12-14-16-18-26-50-101(51-27-19-17-15-13-2)79-31-23-20-28-68(79)71-46-42-67(56-87(71)101)66-41-45-70-69-44-40-65(54-82(69)98(6,7)83(70)55-66)61-34-36-62(37-35-61)76-57-88-92(95-75-30-22-25-33-90(75)103-96(76)95)73-47-39-64(53-84(73)100(88,10)11)60(3)63-38-43-72-77-58-86-78(59-85(77)99(8,9)81(72)52-63)93-80(97(86,4)5)48-49-91-94(93)74-29-21-24-32-89(74)102-91/h20-25,28-49,52-59H,3,12-19,26-27,50-51H2,1-2,4-11H3. The molecule has 0 unspecified atom stereocenters. The quantitative estimate of drug-likeness (QED) is 0.0850. The van der Waals surface area contributed by atoms with Crippen molar-refractivity contribution in [1.29, 1.82) is 0 Å². The summed E-state index contributed by atoms with van der Waals surface area (Å²) in [6.45, 7) is 28.9. The lowest BCUT2D eigenvalue weighted by Gasteiger charge is -2.33. The van der Waals surface area contributed by atoms with Crippen LogP contribution in [-0.4, -0.2) is 0 Å². The van der Waals surface area contributed by atoms with E-state index in [4.69, 9.17) is 15.4 Å². The highest BCUT2D eigenvalue weighted by molar-refractivity contribution is 6.19. The Balaban J connectivity index is 0.616. The molecule has 0 bridgehead atoms. The summed E-state index contributed by atoms with van der Waals surface area (Å²) < 4.78 is 13.5. The van der Waals surface area contributed by atoms with Crippen molar-refractivity contribution in [2.75, 3.05) is 0 Å². The Labute approximate surface area is 608 Å². The second-order valence-electron chi connectivity index (χ2n) is 33.4. The van der Waals surface area contributed by atoms with Crippen LogP contribution in [0.15, 0.2) is 234 Å². The van der Waals surface area contributed by atoms with Crippen molar-refractivity contribution >= 4 is 49.5 Å². The van der Waals surface area contributed by atoms with Crippen LogP contribution in [0.1, 0.15) is 213 Å². The van der Waals surface area contributed by atoms with Gasteiger partial charge in [-0.2, -0.15) is 0 Å². The summed E-state index contributed by atoms with van der Waals surface area (Å²) in [5, 5.41) is 4.74. The van der Waals surface area contributed by atoms with Crippen molar-refractivity contribution in [3.63, 3.8) is 0 Å². The van der Waals surface area contributed by atoms with E-state index in [-0.39, 0.29) is 27.1 Å². The molecule has 103 heavy (non-hydrogen) atoms. The van der Waals surface area contributed by atoms with Gasteiger partial charge in [0, 0.05) is 54.2 Å². The summed E-state index contributed by atoms with van der Waals surface area (Å²) in [5.74, 6) is 0. The largest absolute Gasteiger partial charge is 0.456 e. The summed E-state index contributed by atoms with van der Waals surface area (Å²) in [5.41, 5.74) is 41.0. The molecule has 0 saturated carbocycles. The molecule has 0 fully saturated rings. The molecule has 0 radical (unpaired) electrons. The lowest BCUT2D eigenvalue weighted by atomic mass is 9.70. The Morgan fingerprint density at radius 2 is 0.718 bits per heavy atom. The predicted molar refractivity (Wildman–Crippen MR) is 435 cm³/mol. The highest BCUT2D eigenvalue weighted by Gasteiger charge is 2.46. The maximum atomic E-state index is 7.05. The molecule has 5 aliphatic carbocycles. The third-order valence-corrected chi connectivity index (χ3v) is 26.2. The fraction of sp³-hybridized carbons (Fsp3) is 0.267. The normalized spacial score (nSPS) is 15.8. The van der Waals surface area contributed by atoms with Crippen molar-refractivity contribution in [1.82, 2.24) is 0 Å². The zero-order valence-corrected chi connectivity index (χ0v) is 61.8. The van der Waals surface area contributed by atoms with E-state index in [9.17, 15) is 0 Å². The first-order valence-electron chi connectivity index (χ1n) is 38.7. The lowest BCUT2D eigenvalue weighted by Crippen LogP contribution is -2.25. The molecule has 2 heteroatoms. The average Bonchev–Trinajstić information content (AvgIpc) is 1.53. The molecular formula is C101H92O2. The van der Waals surface area contributed by atoms with E-state index in [0.29, 0.717) is 0 Å². The van der Waals surface area contributed by atoms with Gasteiger partial charge < -0.3 is 8.83 Å². The molecule has 508 valence electrons. The van der Waals surface area contributed by atoms with E-state index in [1.807, 2.05) is 0 Å². The molecule has 0 atom stereocenters. The third kappa shape index (κ3) is 9.30. The zero-order chi connectivity index (χ0) is 70.2. The number of benzene rings is 12. The molecule has 0 spiro atoms. The Kier molecular flexibility index (Phi) is 14.4. The average molecular weight is 1340 g/mol. The number of furan rings is 2. The van der Waals surface area contributed by atoms with Crippen molar-refractivity contribution in [2.45, 2.75) is 173 Å². The number of fused-ring (bicyclic) bond motifs is 23. The highest BCUT2D eigenvalue weighted by atomic mass is 16.3. The second kappa shape index (κ2) is 23.2. The number of rotatable bonds is 17. The van der Waals surface area contributed by atoms with E-state index in [1.165, 1.54) is 216 Å². The van der Waals surface area contributed by atoms with Crippen molar-refractivity contribution in [3.8, 4) is 89.0 Å². The first-order chi connectivity index (χ1) is 49.9. The molecule has 19 rings (SSSR count). The van der Waals surface area contributed by atoms with Gasteiger partial charge in [0.25, 0.3) is 0 Å². The van der Waals surface area contributed by atoms with Gasteiger partial charge in [-0.25, -0.2) is 0 Å². The maximum absolute atomic E-state index is 7.05. The van der Waals surface area contributed by atoms with Gasteiger partial charge in [-0.1, -0.05) is 292 Å². The zero-order valence-electron chi connectivity index (χ0n) is 61.8. The van der Waals surface area contributed by atoms with Crippen LogP contribution in [0.25, 0.3) is 138 Å². The van der Waals surface area contributed by atoms with Gasteiger partial charge in [0.05, 0.1) is 0 Å². The fourth-order valence-electron chi connectivity index (χ4n) is 20.4. The van der Waals surface area contributed by atoms with E-state index >= 15 is 0 Å². The van der Waals surface area contributed by atoms with Crippen LogP contribution in [0, 0.1) is 0 Å². The van der Waals surface area contributed by atoms with Crippen LogP contribution in [0.5, 0.6) is 0 Å². The molecule has 2 aromatic heterocycles. The monoisotopic (exact) mass is 1340 g/mol. The topological polar surface area (TPSA) is 26.3 Å². The predicted octanol–water partition coefficient (Wildman–Crippen LogP) is 28.8. The van der Waals surface area contributed by atoms with E-state index in [1.54, 1.807) is 11.1 Å². The number of hydrogen-bond acceptors (Lipinski definition) is 2. The Bertz CT molecular complexity index is 5910. The molecule has 2 heterocycles. The van der Waals surface area contributed by atoms with Crippen LogP contribution in [0.4, 0.5) is 0 Å². The van der Waals surface area contributed by atoms with Crippen LogP contribution in [0.2, 0.25) is 0 Å². The van der Waals surface area contributed by atoms with Gasteiger partial charge in [0.15, 0.2) is 0 Å². The van der Waals surface area contributed by atoms with Crippen LogP contribution in [-0.2, 0) is 27.1 Å². The van der Waals surface area contributed by atoms with Gasteiger partial charge in [-0.15, -0.1) is 0 Å². The first-order valence-corrected chi connectivity index (χ1v) is 38.7. The third-order valence-electron chi connectivity index (χ3n) is 26.2. The Morgan fingerprint density at radius 3 is 1.37 bits per heavy atom. The van der Waals surface area contributed by atoms with Gasteiger partial charge >= 0.3 is 0 Å². The molecule has 0 aliphatic heterocycles. The van der Waals surface area contributed by atoms with E-state index < -0.39 is 0 Å². The number of unbranched alkanes of at least 4 members (excludes halogenated alkanes) is 8. The molecule has 0 saturated heterocycles. The summed E-state index contributed by atoms with van der Waals surface area (Å²) in [4.78, 5) is 0. The number of hydrogen-bond donors (Lipinski definition) is 0. The minimum Gasteiger partial charge on any atom is -0.456 e. The van der Waals surface area contributed by atoms with Gasteiger partial charge in [0.2, 0.25) is 0 Å². The van der Waals surface area contributed by atoms with Gasteiger partial charge in [-0.05, 0) is 235 Å². The Morgan fingerprint density at radius 1 is 0.291 bits per heavy atom. The second-order valence-corrected chi connectivity index (χ2v) is 33.4. The maximum Gasteiger partial charge on any atom is 0.143 e. The van der Waals surface area contributed by atoms with Crippen LogP contribution < -0.4 is 0 Å². The molecule has 0 amide bonds. The van der Waals surface area contributed by atoms with Crippen molar-refractivity contribution in [2.24, 2.45) is 0 Å². The lowest BCUT2D eigenvalue weighted by molar-refractivity contribution is 0.399. The minimum absolute atomic E-state index is 0.0511. The molecular weight excluding hydrogens is 1250 g/mol. The molecule has 0 N–H and O–H groups in total. The van der Waals surface area contributed by atoms with E-state index in [0.717, 1.165) is 55.5 Å².